The molecule has 0 aliphatic carbocycles. The third-order valence-electron chi connectivity index (χ3n) is 5.42. The summed E-state index contributed by atoms with van der Waals surface area (Å²) in [5.41, 5.74) is 1.65. The number of benzene rings is 2. The lowest BCUT2D eigenvalue weighted by Crippen LogP contribution is -2.39. The molecule has 0 bridgehead atoms. The van der Waals surface area contributed by atoms with E-state index in [1.54, 1.807) is 28.5 Å². The number of thiazole rings is 1. The Kier molecular flexibility index (Phi) is 7.77. The number of thioether (sulfide) groups is 1. The predicted molar refractivity (Wildman–Crippen MR) is 138 cm³/mol. The van der Waals surface area contributed by atoms with Gasteiger partial charge in [0.15, 0.2) is 16.3 Å². The van der Waals surface area contributed by atoms with E-state index in [-0.39, 0.29) is 11.1 Å². The average Bonchev–Trinajstić information content (AvgIpc) is 3.19. The van der Waals surface area contributed by atoms with Crippen LogP contribution < -0.4 is 24.4 Å². The van der Waals surface area contributed by atoms with Crippen LogP contribution in [0.15, 0.2) is 68.9 Å². The summed E-state index contributed by atoms with van der Waals surface area (Å²) in [5, 5.41) is 0. The van der Waals surface area contributed by atoms with E-state index in [0.29, 0.717) is 39.6 Å². The molecule has 0 saturated heterocycles. The van der Waals surface area contributed by atoms with Gasteiger partial charge in [-0.25, -0.2) is 9.79 Å². The van der Waals surface area contributed by atoms with Crippen molar-refractivity contribution in [2.45, 2.75) is 24.8 Å². The maximum atomic E-state index is 13.6. The number of carbonyl (C=O) groups excluding carboxylic acids is 1. The van der Waals surface area contributed by atoms with E-state index < -0.39 is 12.0 Å². The van der Waals surface area contributed by atoms with Crippen LogP contribution >= 0.6 is 23.1 Å². The number of nitrogens with zero attached hydrogens (tertiary/aromatic N) is 2. The minimum atomic E-state index is -0.713. The number of hydrogen-bond acceptors (Lipinski definition) is 8. The molecule has 2 heterocycles. The van der Waals surface area contributed by atoms with Crippen LogP contribution in [0.3, 0.4) is 0 Å². The standard InChI is InChI=1S/C26H26N2O5S2/c1-5-32-20-12-9-17(14-21(20)33-6-2)23-19(25(30)31-3)15-27-26-28(23)24(29)22(35-26)13-16-7-10-18(34-4)11-8-16/h7-15,23H,5-6H2,1-4H3/b22-13-/t23-/m1/s1. The molecule has 182 valence electrons. The third kappa shape index (κ3) is 5.06. The average molecular weight is 511 g/mol. The number of rotatable bonds is 8. The number of methoxy groups -OCH3 is 1. The zero-order valence-corrected chi connectivity index (χ0v) is 21.6. The van der Waals surface area contributed by atoms with E-state index in [9.17, 15) is 9.59 Å². The van der Waals surface area contributed by atoms with Crippen LogP contribution in [0, 0.1) is 0 Å². The highest BCUT2D eigenvalue weighted by Gasteiger charge is 2.31. The van der Waals surface area contributed by atoms with Crippen molar-refractivity contribution in [1.29, 1.82) is 0 Å². The molecule has 7 nitrogen and oxygen atoms in total. The molecule has 3 aromatic rings. The van der Waals surface area contributed by atoms with Gasteiger partial charge in [0.05, 0.1) is 36.5 Å². The molecule has 35 heavy (non-hydrogen) atoms. The molecule has 1 atom stereocenters. The summed E-state index contributed by atoms with van der Waals surface area (Å²) in [5.74, 6) is 0.597. The zero-order chi connectivity index (χ0) is 24.9. The molecule has 0 N–H and O–H groups in total. The van der Waals surface area contributed by atoms with Crippen molar-refractivity contribution in [1.82, 2.24) is 4.57 Å². The Hall–Kier alpha value is -3.30. The number of esters is 1. The largest absolute Gasteiger partial charge is 0.490 e. The SMILES string of the molecule is CCOc1ccc([C@@H]2C(C(=O)OC)=CN=c3s/c(=C\c4ccc(SC)cc4)c(=O)n32)cc1OCC. The van der Waals surface area contributed by atoms with Crippen LogP contribution in [0.5, 0.6) is 11.5 Å². The van der Waals surface area contributed by atoms with Crippen LogP contribution in [-0.4, -0.2) is 37.1 Å². The number of ether oxygens (including phenoxy) is 3. The molecule has 0 amide bonds. The maximum Gasteiger partial charge on any atom is 0.337 e. The number of carbonyl (C=O) groups is 1. The first-order valence-corrected chi connectivity index (χ1v) is 13.2. The molecule has 9 heteroatoms. The summed E-state index contributed by atoms with van der Waals surface area (Å²) >= 11 is 2.94. The summed E-state index contributed by atoms with van der Waals surface area (Å²) in [4.78, 5) is 32.4. The molecular weight excluding hydrogens is 484 g/mol. The van der Waals surface area contributed by atoms with Gasteiger partial charge in [-0.05, 0) is 61.6 Å². The monoisotopic (exact) mass is 510 g/mol. The van der Waals surface area contributed by atoms with Crippen molar-refractivity contribution in [2.24, 2.45) is 4.99 Å². The Morgan fingerprint density at radius 2 is 1.83 bits per heavy atom. The van der Waals surface area contributed by atoms with Gasteiger partial charge in [0.1, 0.15) is 0 Å². The van der Waals surface area contributed by atoms with Gasteiger partial charge in [0, 0.05) is 11.1 Å². The summed E-state index contributed by atoms with van der Waals surface area (Å²) < 4.78 is 18.6. The van der Waals surface area contributed by atoms with E-state index in [1.807, 2.05) is 56.5 Å². The second-order valence-corrected chi connectivity index (χ2v) is 9.41. The van der Waals surface area contributed by atoms with Gasteiger partial charge in [-0.2, -0.15) is 0 Å². The zero-order valence-electron chi connectivity index (χ0n) is 19.9. The Labute approximate surface area is 211 Å². The van der Waals surface area contributed by atoms with Crippen molar-refractivity contribution in [3.63, 3.8) is 0 Å². The van der Waals surface area contributed by atoms with E-state index in [2.05, 4.69) is 4.99 Å². The van der Waals surface area contributed by atoms with Gasteiger partial charge < -0.3 is 14.2 Å². The van der Waals surface area contributed by atoms with Crippen molar-refractivity contribution >= 4 is 35.1 Å². The maximum absolute atomic E-state index is 13.6. The fraction of sp³-hybridized carbons (Fsp3) is 0.269. The van der Waals surface area contributed by atoms with Crippen LogP contribution in [0.1, 0.15) is 31.0 Å². The minimum absolute atomic E-state index is 0.228. The molecule has 0 spiro atoms. The lowest BCUT2D eigenvalue weighted by molar-refractivity contribution is -0.136. The second kappa shape index (κ2) is 11.0. The van der Waals surface area contributed by atoms with Gasteiger partial charge >= 0.3 is 5.97 Å². The number of hydrogen-bond donors (Lipinski definition) is 0. The van der Waals surface area contributed by atoms with Crippen LogP contribution in [0.2, 0.25) is 0 Å². The Balaban J connectivity index is 1.88. The molecule has 4 rings (SSSR count). The highest BCUT2D eigenvalue weighted by atomic mass is 32.2. The van der Waals surface area contributed by atoms with Gasteiger partial charge in [-0.15, -0.1) is 11.8 Å². The first-order valence-electron chi connectivity index (χ1n) is 11.1. The minimum Gasteiger partial charge on any atom is -0.490 e. The van der Waals surface area contributed by atoms with E-state index >= 15 is 0 Å². The summed E-state index contributed by atoms with van der Waals surface area (Å²) in [6.45, 7) is 4.72. The van der Waals surface area contributed by atoms with Crippen LogP contribution in [0.25, 0.3) is 6.08 Å². The molecule has 1 aliphatic rings. The predicted octanol–water partition coefficient (Wildman–Crippen LogP) is 3.54. The smallest absolute Gasteiger partial charge is 0.337 e. The van der Waals surface area contributed by atoms with Gasteiger partial charge in [-0.3, -0.25) is 9.36 Å². The Bertz CT molecular complexity index is 1440. The summed E-state index contributed by atoms with van der Waals surface area (Å²) in [7, 11) is 1.31. The van der Waals surface area contributed by atoms with Gasteiger partial charge in [0.25, 0.3) is 5.56 Å². The second-order valence-electron chi connectivity index (χ2n) is 7.52. The fourth-order valence-electron chi connectivity index (χ4n) is 3.84. The number of aromatic nitrogens is 1. The fourth-order valence-corrected chi connectivity index (χ4v) is 5.22. The molecule has 0 unspecified atom stereocenters. The van der Waals surface area contributed by atoms with E-state index in [4.69, 9.17) is 14.2 Å². The molecular formula is C26H26N2O5S2. The van der Waals surface area contributed by atoms with Crippen molar-refractivity contribution in [3.8, 4) is 11.5 Å². The molecule has 1 aliphatic heterocycles. The van der Waals surface area contributed by atoms with Crippen molar-refractivity contribution < 1.29 is 19.0 Å². The van der Waals surface area contributed by atoms with Crippen LogP contribution in [0.4, 0.5) is 0 Å². The Morgan fingerprint density at radius 1 is 1.11 bits per heavy atom. The van der Waals surface area contributed by atoms with Crippen molar-refractivity contribution in [2.75, 3.05) is 26.6 Å². The lowest BCUT2D eigenvalue weighted by Gasteiger charge is -2.23. The first kappa shape index (κ1) is 24.8. The molecule has 0 fully saturated rings. The summed E-state index contributed by atoms with van der Waals surface area (Å²) in [6.07, 6.45) is 5.34. The van der Waals surface area contributed by atoms with Crippen molar-refractivity contribution in [3.05, 3.63) is 85.1 Å². The quantitative estimate of drug-likeness (QED) is 0.341. The van der Waals surface area contributed by atoms with Crippen LogP contribution in [-0.2, 0) is 9.53 Å². The molecule has 0 saturated carbocycles. The number of fused-ring (bicyclic) bond motifs is 1. The lowest BCUT2D eigenvalue weighted by atomic mass is 9.97. The molecule has 2 aromatic carbocycles. The highest BCUT2D eigenvalue weighted by molar-refractivity contribution is 7.98. The van der Waals surface area contributed by atoms with Gasteiger partial charge in [0.2, 0.25) is 0 Å². The van der Waals surface area contributed by atoms with E-state index in [1.165, 1.54) is 24.6 Å². The Morgan fingerprint density at radius 3 is 2.49 bits per heavy atom. The normalized spacial score (nSPS) is 15.1. The topological polar surface area (TPSA) is 79.1 Å². The third-order valence-corrected chi connectivity index (χ3v) is 7.16. The molecule has 1 aromatic heterocycles. The molecule has 0 radical (unpaired) electrons. The first-order chi connectivity index (χ1) is 17.0. The highest BCUT2D eigenvalue weighted by Crippen LogP contribution is 2.35. The summed E-state index contributed by atoms with van der Waals surface area (Å²) in [6, 6.07) is 12.7. The van der Waals surface area contributed by atoms with E-state index in [0.717, 1.165) is 10.5 Å². The van der Waals surface area contributed by atoms with Gasteiger partial charge in [-0.1, -0.05) is 29.5 Å².